The van der Waals surface area contributed by atoms with Gasteiger partial charge in [0.2, 0.25) is 5.91 Å². The number of aliphatic hydroxyl groups is 5. The number of carbonyl (C=O) groups excluding carboxylic acids is 2. The van der Waals surface area contributed by atoms with E-state index in [1.807, 2.05) is 6.08 Å². The van der Waals surface area contributed by atoms with E-state index in [4.69, 9.17) is 14.2 Å². The molecule has 1 heterocycles. The summed E-state index contributed by atoms with van der Waals surface area (Å²) in [6.07, 6.45) is 58.9. The molecule has 1 amide bonds. The molecule has 11 heteroatoms. The summed E-state index contributed by atoms with van der Waals surface area (Å²) >= 11 is 0. The Bertz CT molecular complexity index is 1330. The Kier molecular flexibility index (Phi) is 53.2. The van der Waals surface area contributed by atoms with Crippen LogP contribution >= 0.6 is 0 Å². The van der Waals surface area contributed by atoms with Crippen LogP contribution in [-0.4, -0.2) is 100 Å². The SMILES string of the molecule is CCCC/C=C\CCCCCCCC(=O)OCCCCCCCCCCCCCCCCCCCCCCCCCCCCCCCC(=O)NC(COC1OC(CO)C(O)C(O)C1O)C(O)/C=C/CCCCCCCCC. The van der Waals surface area contributed by atoms with Crippen molar-refractivity contribution in [1.29, 1.82) is 0 Å². The first-order valence-electron chi connectivity index (χ1n) is 33.1. The Morgan fingerprint density at radius 2 is 0.844 bits per heavy atom. The molecule has 0 spiro atoms. The maximum Gasteiger partial charge on any atom is 0.305 e. The van der Waals surface area contributed by atoms with Gasteiger partial charge < -0.3 is 45.1 Å². The lowest BCUT2D eigenvalue weighted by atomic mass is 9.99. The minimum Gasteiger partial charge on any atom is -0.466 e. The molecule has 0 bridgehead atoms. The van der Waals surface area contributed by atoms with Crippen molar-refractivity contribution in [1.82, 2.24) is 5.32 Å². The molecule has 11 nitrogen and oxygen atoms in total. The van der Waals surface area contributed by atoms with E-state index >= 15 is 0 Å². The fourth-order valence-electron chi connectivity index (χ4n) is 10.5. The van der Waals surface area contributed by atoms with Crippen molar-refractivity contribution in [3.05, 3.63) is 24.3 Å². The molecule has 0 aromatic rings. The molecule has 0 aromatic heterocycles. The highest BCUT2D eigenvalue weighted by Gasteiger charge is 2.44. The van der Waals surface area contributed by atoms with Gasteiger partial charge in [-0.05, 0) is 51.4 Å². The van der Waals surface area contributed by atoms with E-state index in [1.165, 1.54) is 238 Å². The Balaban J connectivity index is 1.93. The normalized spacial score (nSPS) is 18.7. The Hall–Kier alpha value is -1.86. The first-order chi connectivity index (χ1) is 37.7. The Labute approximate surface area is 473 Å². The highest BCUT2D eigenvalue weighted by Crippen LogP contribution is 2.23. The highest BCUT2D eigenvalue weighted by molar-refractivity contribution is 5.76. The quantitative estimate of drug-likeness (QED) is 0.0195. The maximum absolute atomic E-state index is 13.0. The van der Waals surface area contributed by atoms with Gasteiger partial charge in [-0.3, -0.25) is 9.59 Å². The molecule has 1 fully saturated rings. The predicted octanol–water partition coefficient (Wildman–Crippen LogP) is 16.1. The first kappa shape index (κ1) is 73.2. The highest BCUT2D eigenvalue weighted by atomic mass is 16.7. The molecule has 6 N–H and O–H groups in total. The molecule has 7 atom stereocenters. The van der Waals surface area contributed by atoms with Gasteiger partial charge in [-0.2, -0.15) is 0 Å². The molecule has 1 aliphatic rings. The number of rotatable bonds is 58. The van der Waals surface area contributed by atoms with Gasteiger partial charge in [0.05, 0.1) is 32.0 Å². The Morgan fingerprint density at radius 3 is 1.29 bits per heavy atom. The number of hydrogen-bond acceptors (Lipinski definition) is 10. The molecule has 0 radical (unpaired) electrons. The lowest BCUT2D eigenvalue weighted by molar-refractivity contribution is -0.302. The van der Waals surface area contributed by atoms with Crippen LogP contribution in [0.25, 0.3) is 0 Å². The zero-order valence-corrected chi connectivity index (χ0v) is 50.2. The minimum atomic E-state index is -1.57. The smallest absolute Gasteiger partial charge is 0.305 e. The number of aliphatic hydroxyl groups excluding tert-OH is 5. The second-order valence-electron chi connectivity index (χ2n) is 23.2. The fraction of sp³-hybridized carbons (Fsp3) is 0.909. The number of esters is 1. The van der Waals surface area contributed by atoms with Gasteiger partial charge in [-0.15, -0.1) is 0 Å². The molecule has 1 rings (SSSR count). The molecule has 0 saturated carbocycles. The molecule has 1 saturated heterocycles. The fourth-order valence-corrected chi connectivity index (χ4v) is 10.5. The monoisotopic (exact) mass is 1090 g/mol. The molecule has 77 heavy (non-hydrogen) atoms. The number of carbonyl (C=O) groups is 2. The number of hydrogen-bond donors (Lipinski definition) is 6. The van der Waals surface area contributed by atoms with Crippen LogP contribution in [-0.2, 0) is 23.8 Å². The summed E-state index contributed by atoms with van der Waals surface area (Å²) < 4.78 is 16.7. The van der Waals surface area contributed by atoms with Gasteiger partial charge in [0.25, 0.3) is 0 Å². The molecule has 454 valence electrons. The van der Waals surface area contributed by atoms with Gasteiger partial charge in [0.15, 0.2) is 6.29 Å². The molecular formula is C66H125NO10. The molecule has 0 aliphatic carbocycles. The van der Waals surface area contributed by atoms with Gasteiger partial charge in [-0.1, -0.05) is 282 Å². The van der Waals surface area contributed by atoms with E-state index in [2.05, 4.69) is 31.3 Å². The van der Waals surface area contributed by atoms with Crippen molar-refractivity contribution in [3.8, 4) is 0 Å². The number of allylic oxidation sites excluding steroid dienone is 3. The molecular weight excluding hydrogens is 967 g/mol. The van der Waals surface area contributed by atoms with Crippen LogP contribution in [0, 0.1) is 0 Å². The lowest BCUT2D eigenvalue weighted by Crippen LogP contribution is -2.60. The van der Waals surface area contributed by atoms with Crippen LogP contribution in [0.3, 0.4) is 0 Å². The average molecular weight is 1090 g/mol. The summed E-state index contributed by atoms with van der Waals surface area (Å²) in [4.78, 5) is 25.0. The van der Waals surface area contributed by atoms with Crippen LogP contribution in [0.15, 0.2) is 24.3 Å². The molecule has 0 aromatic carbocycles. The van der Waals surface area contributed by atoms with Crippen molar-refractivity contribution < 1.29 is 49.3 Å². The van der Waals surface area contributed by atoms with Crippen LogP contribution < -0.4 is 5.32 Å². The van der Waals surface area contributed by atoms with E-state index in [-0.39, 0.29) is 18.5 Å². The summed E-state index contributed by atoms with van der Waals surface area (Å²) in [6.45, 7) is 4.30. The largest absolute Gasteiger partial charge is 0.466 e. The van der Waals surface area contributed by atoms with Crippen molar-refractivity contribution in [3.63, 3.8) is 0 Å². The maximum atomic E-state index is 13.0. The van der Waals surface area contributed by atoms with Gasteiger partial charge >= 0.3 is 5.97 Å². The van der Waals surface area contributed by atoms with Crippen molar-refractivity contribution >= 4 is 11.9 Å². The number of unbranched alkanes of at least 4 members (excludes halogenated alkanes) is 42. The third-order valence-corrected chi connectivity index (χ3v) is 15.8. The van der Waals surface area contributed by atoms with E-state index < -0.39 is 49.5 Å². The standard InChI is InChI=1S/C66H125NO10/c1-3-5-7-9-11-13-33-38-42-46-50-54-62(71)75-55-51-47-43-39-35-32-30-28-26-24-22-20-18-16-14-15-17-19-21-23-25-27-29-31-34-37-41-45-49-53-61(70)67-58(59(69)52-48-44-40-36-12-10-8-6-4-2)57-76-66-65(74)64(73)63(72)60(56-68)77-66/h9,11,48,52,58-60,63-66,68-69,72-74H,3-8,10,12-47,49-51,53-57H2,1-2H3,(H,67,70)/b11-9-,52-48+. The van der Waals surface area contributed by atoms with E-state index in [1.54, 1.807) is 6.08 Å². The average Bonchev–Trinajstić information content (AvgIpc) is 3.43. The summed E-state index contributed by atoms with van der Waals surface area (Å²) in [5, 5.41) is 54.3. The summed E-state index contributed by atoms with van der Waals surface area (Å²) in [5.74, 6) is -0.179. The first-order valence-corrected chi connectivity index (χ1v) is 33.1. The topological polar surface area (TPSA) is 175 Å². The van der Waals surface area contributed by atoms with Crippen LogP contribution in [0.4, 0.5) is 0 Å². The summed E-state index contributed by atoms with van der Waals surface area (Å²) in [6, 6.07) is -0.805. The predicted molar refractivity (Wildman–Crippen MR) is 320 cm³/mol. The second-order valence-corrected chi connectivity index (χ2v) is 23.2. The van der Waals surface area contributed by atoms with Gasteiger partial charge in [-0.25, -0.2) is 0 Å². The summed E-state index contributed by atoms with van der Waals surface area (Å²) in [5.41, 5.74) is 0. The van der Waals surface area contributed by atoms with Gasteiger partial charge in [0.1, 0.15) is 24.4 Å². The number of ether oxygens (including phenoxy) is 3. The number of amides is 1. The van der Waals surface area contributed by atoms with Crippen molar-refractivity contribution in [2.24, 2.45) is 0 Å². The van der Waals surface area contributed by atoms with Crippen LogP contribution in [0.2, 0.25) is 0 Å². The molecule has 7 unspecified atom stereocenters. The zero-order valence-electron chi connectivity index (χ0n) is 50.2. The lowest BCUT2D eigenvalue weighted by Gasteiger charge is -2.40. The van der Waals surface area contributed by atoms with Crippen molar-refractivity contribution in [2.45, 2.75) is 365 Å². The van der Waals surface area contributed by atoms with E-state index in [0.717, 1.165) is 57.8 Å². The summed E-state index contributed by atoms with van der Waals surface area (Å²) in [7, 11) is 0. The molecule has 1 aliphatic heterocycles. The third kappa shape index (κ3) is 45.4. The van der Waals surface area contributed by atoms with E-state index in [0.29, 0.717) is 19.4 Å². The number of nitrogens with one attached hydrogen (secondary N) is 1. The Morgan fingerprint density at radius 1 is 0.468 bits per heavy atom. The van der Waals surface area contributed by atoms with Crippen LogP contribution in [0.1, 0.15) is 322 Å². The van der Waals surface area contributed by atoms with E-state index in [9.17, 15) is 35.1 Å². The zero-order chi connectivity index (χ0) is 55.9. The third-order valence-electron chi connectivity index (χ3n) is 15.8. The van der Waals surface area contributed by atoms with Gasteiger partial charge in [0, 0.05) is 12.8 Å². The second kappa shape index (κ2) is 56.0. The van der Waals surface area contributed by atoms with Crippen molar-refractivity contribution in [2.75, 3.05) is 19.8 Å². The minimum absolute atomic E-state index is 0.000203. The van der Waals surface area contributed by atoms with Crippen LogP contribution in [0.5, 0.6) is 0 Å².